The number of rotatable bonds is 6. The summed E-state index contributed by atoms with van der Waals surface area (Å²) in [6.45, 7) is 2.71. The van der Waals surface area contributed by atoms with E-state index in [2.05, 4.69) is 16.3 Å². The number of halogens is 2. The molecule has 3 rings (SSSR count). The van der Waals surface area contributed by atoms with Gasteiger partial charge in [0.25, 0.3) is 0 Å². The van der Waals surface area contributed by atoms with Crippen molar-refractivity contribution in [1.29, 1.82) is 0 Å². The molecule has 26 heavy (non-hydrogen) atoms. The second-order valence-electron chi connectivity index (χ2n) is 7.07. The van der Waals surface area contributed by atoms with E-state index in [0.717, 1.165) is 50.1 Å². The molecule has 1 aliphatic carbocycles. The number of nitrogens with zero attached hydrogens (tertiary/aromatic N) is 1. The first-order valence-corrected chi connectivity index (χ1v) is 9.08. The number of ether oxygens (including phenoxy) is 1. The van der Waals surface area contributed by atoms with Crippen molar-refractivity contribution in [2.75, 3.05) is 26.7 Å². The van der Waals surface area contributed by atoms with Crippen LogP contribution >= 0.6 is 24.8 Å². The van der Waals surface area contributed by atoms with Crippen LogP contribution in [0.25, 0.3) is 0 Å². The lowest BCUT2D eigenvalue weighted by atomic mass is 9.97. The smallest absolute Gasteiger partial charge is 0.240 e. The predicted molar refractivity (Wildman–Crippen MR) is 109 cm³/mol. The molecule has 1 saturated carbocycles. The van der Waals surface area contributed by atoms with Gasteiger partial charge in [0.1, 0.15) is 5.75 Å². The standard InChI is InChI=1S/C19H29N3O2.2ClH/c1-24-17-9-3-2-8-15(17)16(22-12-6-7-13-22)14-21-18(23)19(20)10-4-5-11-19;;/h2-3,8-9,16H,4-7,10-14,20H2,1H3,(H,21,23);2*1H. The maximum absolute atomic E-state index is 12.6. The average Bonchev–Trinajstić information content (AvgIpc) is 3.28. The molecule has 2 fully saturated rings. The summed E-state index contributed by atoms with van der Waals surface area (Å²) in [5.74, 6) is 0.881. The minimum Gasteiger partial charge on any atom is -0.496 e. The number of methoxy groups -OCH3 is 1. The molecule has 7 heteroatoms. The minimum absolute atomic E-state index is 0. The van der Waals surface area contributed by atoms with Crippen molar-refractivity contribution in [2.24, 2.45) is 5.73 Å². The van der Waals surface area contributed by atoms with Crippen LogP contribution in [0, 0.1) is 0 Å². The van der Waals surface area contributed by atoms with Crippen LogP contribution < -0.4 is 15.8 Å². The topological polar surface area (TPSA) is 67.6 Å². The van der Waals surface area contributed by atoms with E-state index in [1.54, 1.807) is 7.11 Å². The van der Waals surface area contributed by atoms with Crippen molar-refractivity contribution < 1.29 is 9.53 Å². The van der Waals surface area contributed by atoms with E-state index in [1.165, 1.54) is 12.8 Å². The molecule has 1 atom stereocenters. The third-order valence-electron chi connectivity index (χ3n) is 5.48. The summed E-state index contributed by atoms with van der Waals surface area (Å²) < 4.78 is 5.55. The zero-order chi connectivity index (χ0) is 17.0. The first-order chi connectivity index (χ1) is 11.6. The molecule has 3 N–H and O–H groups in total. The van der Waals surface area contributed by atoms with Gasteiger partial charge in [0.15, 0.2) is 0 Å². The molecular formula is C19H31Cl2N3O2. The van der Waals surface area contributed by atoms with E-state index in [1.807, 2.05) is 18.2 Å². The highest BCUT2D eigenvalue weighted by atomic mass is 35.5. The third-order valence-corrected chi connectivity index (χ3v) is 5.48. The van der Waals surface area contributed by atoms with Gasteiger partial charge in [-0.2, -0.15) is 0 Å². The molecule has 148 valence electrons. The summed E-state index contributed by atoms with van der Waals surface area (Å²) in [7, 11) is 1.70. The van der Waals surface area contributed by atoms with Gasteiger partial charge in [-0.25, -0.2) is 0 Å². The summed E-state index contributed by atoms with van der Waals surface area (Å²) in [6, 6.07) is 8.24. The molecule has 1 aromatic rings. The lowest BCUT2D eigenvalue weighted by Gasteiger charge is -2.31. The molecule has 1 aliphatic heterocycles. The Labute approximate surface area is 168 Å². The Morgan fingerprint density at radius 3 is 2.42 bits per heavy atom. The van der Waals surface area contributed by atoms with Crippen LogP contribution in [0.15, 0.2) is 24.3 Å². The van der Waals surface area contributed by atoms with Crippen molar-refractivity contribution in [2.45, 2.75) is 50.1 Å². The van der Waals surface area contributed by atoms with Crippen LogP contribution in [0.1, 0.15) is 50.1 Å². The number of hydrogen-bond donors (Lipinski definition) is 2. The number of nitrogens with one attached hydrogen (secondary N) is 1. The number of likely N-dealkylation sites (tertiary alicyclic amines) is 1. The molecule has 0 radical (unpaired) electrons. The van der Waals surface area contributed by atoms with E-state index in [9.17, 15) is 4.79 Å². The molecule has 1 unspecified atom stereocenters. The summed E-state index contributed by atoms with van der Waals surface area (Å²) in [5.41, 5.74) is 6.75. The molecule has 0 spiro atoms. The summed E-state index contributed by atoms with van der Waals surface area (Å²) in [6.07, 6.45) is 6.10. The molecule has 1 heterocycles. The maximum Gasteiger partial charge on any atom is 0.240 e. The monoisotopic (exact) mass is 403 g/mol. The summed E-state index contributed by atoms with van der Waals surface area (Å²) >= 11 is 0. The van der Waals surface area contributed by atoms with Crippen molar-refractivity contribution in [3.8, 4) is 5.75 Å². The molecule has 1 saturated heterocycles. The van der Waals surface area contributed by atoms with Crippen molar-refractivity contribution in [1.82, 2.24) is 10.2 Å². The van der Waals surface area contributed by atoms with Gasteiger partial charge in [0, 0.05) is 12.1 Å². The Morgan fingerprint density at radius 2 is 1.81 bits per heavy atom. The van der Waals surface area contributed by atoms with E-state index in [-0.39, 0.29) is 36.8 Å². The number of benzene rings is 1. The molecule has 0 bridgehead atoms. The van der Waals surface area contributed by atoms with Crippen LogP contribution in [0.4, 0.5) is 0 Å². The largest absolute Gasteiger partial charge is 0.496 e. The van der Waals surface area contributed by atoms with E-state index in [4.69, 9.17) is 10.5 Å². The van der Waals surface area contributed by atoms with Crippen LogP contribution in [0.5, 0.6) is 5.75 Å². The van der Waals surface area contributed by atoms with Crippen molar-refractivity contribution in [3.05, 3.63) is 29.8 Å². The predicted octanol–water partition coefficient (Wildman–Crippen LogP) is 3.06. The highest BCUT2D eigenvalue weighted by molar-refractivity contribution is 5.86. The van der Waals surface area contributed by atoms with E-state index < -0.39 is 5.54 Å². The molecule has 1 aromatic carbocycles. The fraction of sp³-hybridized carbons (Fsp3) is 0.632. The Kier molecular flexibility index (Phi) is 9.17. The molecule has 1 amide bonds. The van der Waals surface area contributed by atoms with Crippen LogP contribution in [-0.4, -0.2) is 43.1 Å². The zero-order valence-electron chi connectivity index (χ0n) is 15.4. The fourth-order valence-electron chi connectivity index (χ4n) is 4.03. The van der Waals surface area contributed by atoms with Crippen molar-refractivity contribution >= 4 is 30.7 Å². The van der Waals surface area contributed by atoms with E-state index in [0.29, 0.717) is 6.54 Å². The Balaban J connectivity index is 0.00000169. The lowest BCUT2D eigenvalue weighted by molar-refractivity contribution is -0.126. The first-order valence-electron chi connectivity index (χ1n) is 9.08. The van der Waals surface area contributed by atoms with Crippen LogP contribution in [0.3, 0.4) is 0 Å². The second kappa shape index (κ2) is 10.4. The molecule has 5 nitrogen and oxygen atoms in total. The Bertz CT molecular complexity index is 574. The number of carbonyl (C=O) groups excluding carboxylic acids is 1. The molecule has 0 aromatic heterocycles. The second-order valence-corrected chi connectivity index (χ2v) is 7.07. The maximum atomic E-state index is 12.6. The van der Waals surface area contributed by atoms with Gasteiger partial charge in [-0.15, -0.1) is 24.8 Å². The van der Waals surface area contributed by atoms with Gasteiger partial charge in [0.05, 0.1) is 18.7 Å². The fourth-order valence-corrected chi connectivity index (χ4v) is 4.03. The highest BCUT2D eigenvalue weighted by Crippen LogP contribution is 2.32. The van der Waals surface area contributed by atoms with Gasteiger partial charge in [-0.3, -0.25) is 9.69 Å². The third kappa shape index (κ3) is 5.03. The zero-order valence-corrected chi connectivity index (χ0v) is 17.0. The summed E-state index contributed by atoms with van der Waals surface area (Å²) in [5, 5.41) is 3.13. The molecular weight excluding hydrogens is 373 g/mol. The van der Waals surface area contributed by atoms with Gasteiger partial charge < -0.3 is 15.8 Å². The van der Waals surface area contributed by atoms with E-state index >= 15 is 0 Å². The number of hydrogen-bond acceptors (Lipinski definition) is 4. The first kappa shape index (κ1) is 23.0. The van der Waals surface area contributed by atoms with Gasteiger partial charge >= 0.3 is 0 Å². The van der Waals surface area contributed by atoms with Crippen molar-refractivity contribution in [3.63, 3.8) is 0 Å². The lowest BCUT2D eigenvalue weighted by Crippen LogP contribution is -2.53. The Hall–Kier alpha value is -1.01. The number of amides is 1. The number of nitrogens with two attached hydrogens (primary N) is 1. The highest BCUT2D eigenvalue weighted by Gasteiger charge is 2.37. The van der Waals surface area contributed by atoms with Gasteiger partial charge in [-0.05, 0) is 44.8 Å². The SMILES string of the molecule is COc1ccccc1C(CNC(=O)C1(N)CCCC1)N1CCCC1.Cl.Cl. The average molecular weight is 404 g/mol. The Morgan fingerprint density at radius 1 is 1.19 bits per heavy atom. The quantitative estimate of drug-likeness (QED) is 0.765. The summed E-state index contributed by atoms with van der Waals surface area (Å²) in [4.78, 5) is 15.0. The number of para-hydroxylation sites is 1. The van der Waals surface area contributed by atoms with Crippen LogP contribution in [0.2, 0.25) is 0 Å². The molecule has 2 aliphatic rings. The number of carbonyl (C=O) groups is 1. The van der Waals surface area contributed by atoms with Gasteiger partial charge in [0.2, 0.25) is 5.91 Å². The minimum atomic E-state index is -0.670. The van der Waals surface area contributed by atoms with Crippen LogP contribution in [-0.2, 0) is 4.79 Å². The van der Waals surface area contributed by atoms with Gasteiger partial charge in [-0.1, -0.05) is 31.0 Å². The normalized spacial score (nSPS) is 19.9.